The number of benzene rings is 1. The van der Waals surface area contributed by atoms with Crippen molar-refractivity contribution in [2.45, 2.75) is 37.7 Å². The van der Waals surface area contributed by atoms with Gasteiger partial charge < -0.3 is 10.4 Å². The van der Waals surface area contributed by atoms with Gasteiger partial charge in [-0.3, -0.25) is 9.69 Å². The monoisotopic (exact) mass is 286 g/mol. The maximum Gasteiger partial charge on any atom is 0.238 e. The molecule has 2 aliphatic carbocycles. The molecule has 2 N–H and O–H groups in total. The van der Waals surface area contributed by atoms with E-state index in [4.69, 9.17) is 0 Å². The third-order valence-electron chi connectivity index (χ3n) is 5.08. The van der Waals surface area contributed by atoms with Crippen LogP contribution in [0.2, 0.25) is 0 Å². The van der Waals surface area contributed by atoms with Gasteiger partial charge in [0.2, 0.25) is 5.91 Å². The fraction of sp³-hybridized carbons (Fsp3) is 0.588. The van der Waals surface area contributed by atoms with Crippen LogP contribution in [0.5, 0.6) is 0 Å². The second-order valence-corrected chi connectivity index (χ2v) is 6.91. The topological polar surface area (TPSA) is 52.6 Å². The lowest BCUT2D eigenvalue weighted by molar-refractivity contribution is -0.132. The SMILES string of the molecule is O=C(CN1CC(O)(C2CC2)C1)Nc1ccc2c(c1)CCC2. The van der Waals surface area contributed by atoms with Crippen LogP contribution in [-0.2, 0) is 17.6 Å². The summed E-state index contributed by atoms with van der Waals surface area (Å²) in [6.07, 6.45) is 5.80. The molecule has 0 bridgehead atoms. The van der Waals surface area contributed by atoms with E-state index in [0.29, 0.717) is 25.6 Å². The first-order chi connectivity index (χ1) is 10.1. The van der Waals surface area contributed by atoms with Crippen molar-refractivity contribution in [1.82, 2.24) is 4.90 Å². The lowest BCUT2D eigenvalue weighted by Gasteiger charge is -2.46. The summed E-state index contributed by atoms with van der Waals surface area (Å²) in [6, 6.07) is 6.24. The average Bonchev–Trinajstić information content (AvgIpc) is 3.16. The summed E-state index contributed by atoms with van der Waals surface area (Å²) < 4.78 is 0. The van der Waals surface area contributed by atoms with Crippen LogP contribution in [0.3, 0.4) is 0 Å². The Labute approximate surface area is 125 Å². The molecule has 1 amide bonds. The summed E-state index contributed by atoms with van der Waals surface area (Å²) in [5.74, 6) is 0.499. The van der Waals surface area contributed by atoms with Crippen LogP contribution in [0.15, 0.2) is 18.2 Å². The molecule has 1 aromatic carbocycles. The fourth-order valence-corrected chi connectivity index (χ4v) is 3.77. The van der Waals surface area contributed by atoms with Crippen LogP contribution in [0.4, 0.5) is 5.69 Å². The molecule has 4 nitrogen and oxygen atoms in total. The zero-order valence-corrected chi connectivity index (χ0v) is 12.3. The normalized spacial score (nSPS) is 23.5. The Morgan fingerprint density at radius 3 is 2.81 bits per heavy atom. The number of aryl methyl sites for hydroxylation is 2. The minimum atomic E-state index is -0.506. The lowest BCUT2D eigenvalue weighted by atomic mass is 9.89. The number of fused-ring (bicyclic) bond motifs is 1. The number of amides is 1. The van der Waals surface area contributed by atoms with E-state index in [-0.39, 0.29) is 5.91 Å². The van der Waals surface area contributed by atoms with Crippen molar-refractivity contribution in [3.63, 3.8) is 0 Å². The van der Waals surface area contributed by atoms with Gasteiger partial charge in [-0.25, -0.2) is 0 Å². The maximum atomic E-state index is 12.1. The molecule has 1 aromatic rings. The Morgan fingerprint density at radius 2 is 2.05 bits per heavy atom. The molecular formula is C17H22N2O2. The lowest BCUT2D eigenvalue weighted by Crippen LogP contribution is -2.64. The average molecular weight is 286 g/mol. The molecule has 0 atom stereocenters. The number of anilines is 1. The summed E-state index contributed by atoms with van der Waals surface area (Å²) in [7, 11) is 0. The molecular weight excluding hydrogens is 264 g/mol. The van der Waals surface area contributed by atoms with Crippen molar-refractivity contribution in [3.05, 3.63) is 29.3 Å². The fourth-order valence-electron chi connectivity index (χ4n) is 3.77. The van der Waals surface area contributed by atoms with E-state index in [1.165, 1.54) is 17.5 Å². The van der Waals surface area contributed by atoms with Crippen LogP contribution < -0.4 is 5.32 Å². The number of carbonyl (C=O) groups is 1. The summed E-state index contributed by atoms with van der Waals surface area (Å²) in [6.45, 7) is 1.68. The Morgan fingerprint density at radius 1 is 1.29 bits per heavy atom. The van der Waals surface area contributed by atoms with Gasteiger partial charge in [-0.1, -0.05) is 6.07 Å². The number of nitrogens with zero attached hydrogens (tertiary/aromatic N) is 1. The van der Waals surface area contributed by atoms with Crippen LogP contribution >= 0.6 is 0 Å². The molecule has 0 radical (unpaired) electrons. The Hall–Kier alpha value is -1.39. The molecule has 1 saturated carbocycles. The highest BCUT2D eigenvalue weighted by atomic mass is 16.3. The highest BCUT2D eigenvalue weighted by molar-refractivity contribution is 5.92. The standard InChI is InChI=1S/C17H22N2O2/c20-16(9-19-10-17(21,11-19)14-5-6-14)18-15-7-4-12-2-1-3-13(12)8-15/h4,7-8,14,21H,1-3,5-6,9-11H2,(H,18,20). The van der Waals surface area contributed by atoms with Crippen LogP contribution in [0.25, 0.3) is 0 Å². The molecule has 4 heteroatoms. The summed E-state index contributed by atoms with van der Waals surface area (Å²) in [5, 5.41) is 13.2. The van der Waals surface area contributed by atoms with Crippen LogP contribution in [0.1, 0.15) is 30.4 Å². The second kappa shape index (κ2) is 4.82. The smallest absolute Gasteiger partial charge is 0.238 e. The van der Waals surface area contributed by atoms with Gasteiger partial charge in [0.05, 0.1) is 12.1 Å². The zero-order chi connectivity index (χ0) is 14.4. The van der Waals surface area contributed by atoms with Gasteiger partial charge in [-0.2, -0.15) is 0 Å². The minimum absolute atomic E-state index is 0.0193. The highest BCUT2D eigenvalue weighted by Crippen LogP contribution is 2.44. The minimum Gasteiger partial charge on any atom is -0.387 e. The first-order valence-corrected chi connectivity index (χ1v) is 7.99. The number of likely N-dealkylation sites (tertiary alicyclic amines) is 1. The number of aliphatic hydroxyl groups is 1. The number of hydrogen-bond acceptors (Lipinski definition) is 3. The molecule has 112 valence electrons. The van der Waals surface area contributed by atoms with Crippen LogP contribution in [0, 0.1) is 5.92 Å². The molecule has 0 spiro atoms. The van der Waals surface area contributed by atoms with Gasteiger partial charge >= 0.3 is 0 Å². The summed E-state index contributed by atoms with van der Waals surface area (Å²) in [4.78, 5) is 14.1. The molecule has 21 heavy (non-hydrogen) atoms. The maximum absolute atomic E-state index is 12.1. The van der Waals surface area contributed by atoms with Crippen molar-refractivity contribution in [2.75, 3.05) is 25.0 Å². The largest absolute Gasteiger partial charge is 0.387 e. The number of nitrogens with one attached hydrogen (secondary N) is 1. The Kier molecular flexibility index (Phi) is 3.05. The van der Waals surface area contributed by atoms with E-state index >= 15 is 0 Å². The van der Waals surface area contributed by atoms with Crippen molar-refractivity contribution in [1.29, 1.82) is 0 Å². The second-order valence-electron chi connectivity index (χ2n) is 6.91. The van der Waals surface area contributed by atoms with E-state index in [9.17, 15) is 9.90 Å². The number of rotatable bonds is 4. The molecule has 1 saturated heterocycles. The van der Waals surface area contributed by atoms with E-state index < -0.39 is 5.60 Å². The van der Waals surface area contributed by atoms with Gasteiger partial charge in [0, 0.05) is 18.8 Å². The molecule has 0 aromatic heterocycles. The van der Waals surface area contributed by atoms with Gasteiger partial charge in [-0.05, 0) is 61.3 Å². The first-order valence-electron chi connectivity index (χ1n) is 7.99. The van der Waals surface area contributed by atoms with Gasteiger partial charge in [0.25, 0.3) is 0 Å². The van der Waals surface area contributed by atoms with E-state index in [0.717, 1.165) is 31.4 Å². The third-order valence-corrected chi connectivity index (χ3v) is 5.08. The molecule has 2 fully saturated rings. The molecule has 3 aliphatic rings. The molecule has 1 heterocycles. The van der Waals surface area contributed by atoms with Crippen molar-refractivity contribution < 1.29 is 9.90 Å². The first kappa shape index (κ1) is 13.3. The summed E-state index contributed by atoms with van der Waals surface area (Å²) in [5.41, 5.74) is 3.19. The van der Waals surface area contributed by atoms with Crippen molar-refractivity contribution in [3.8, 4) is 0 Å². The molecule has 1 aliphatic heterocycles. The van der Waals surface area contributed by atoms with Gasteiger partial charge in [0.1, 0.15) is 0 Å². The van der Waals surface area contributed by atoms with E-state index in [1.54, 1.807) is 0 Å². The highest BCUT2D eigenvalue weighted by Gasteiger charge is 2.51. The molecule has 0 unspecified atom stereocenters. The summed E-state index contributed by atoms with van der Waals surface area (Å²) >= 11 is 0. The third kappa shape index (κ3) is 2.58. The Balaban J connectivity index is 1.30. The predicted molar refractivity (Wildman–Crippen MR) is 81.2 cm³/mol. The van der Waals surface area contributed by atoms with Gasteiger partial charge in [0.15, 0.2) is 0 Å². The van der Waals surface area contributed by atoms with Crippen molar-refractivity contribution >= 4 is 11.6 Å². The number of carbonyl (C=O) groups excluding carboxylic acids is 1. The van der Waals surface area contributed by atoms with Crippen molar-refractivity contribution in [2.24, 2.45) is 5.92 Å². The van der Waals surface area contributed by atoms with E-state index in [2.05, 4.69) is 17.4 Å². The Bertz CT molecular complexity index is 574. The number of hydrogen-bond donors (Lipinski definition) is 2. The van der Waals surface area contributed by atoms with Crippen LogP contribution in [-0.4, -0.2) is 41.1 Å². The zero-order valence-electron chi connectivity index (χ0n) is 12.3. The number of β-amino-alcohol motifs (C(OH)–C–C–N with tert-alkyl or cyclic N) is 1. The van der Waals surface area contributed by atoms with Gasteiger partial charge in [-0.15, -0.1) is 0 Å². The molecule has 4 rings (SSSR count). The predicted octanol–water partition coefficient (Wildman–Crippen LogP) is 1.57. The quantitative estimate of drug-likeness (QED) is 0.883. The van der Waals surface area contributed by atoms with E-state index in [1.807, 2.05) is 11.0 Å².